The van der Waals surface area contributed by atoms with E-state index in [1.165, 1.54) is 32.1 Å². The van der Waals surface area contributed by atoms with Crippen molar-refractivity contribution < 1.29 is 4.74 Å². The summed E-state index contributed by atoms with van der Waals surface area (Å²) in [7, 11) is 0. The summed E-state index contributed by atoms with van der Waals surface area (Å²) in [6.07, 6.45) is 6.17. The molecule has 1 heterocycles. The highest BCUT2D eigenvalue weighted by Crippen LogP contribution is 2.30. The monoisotopic (exact) mass is 329 g/mol. The smallest absolute Gasteiger partial charge is 0.209 e. The van der Waals surface area contributed by atoms with Crippen LogP contribution in [-0.2, 0) is 0 Å². The minimum atomic E-state index is 0.445. The van der Waals surface area contributed by atoms with Gasteiger partial charge in [0.05, 0.1) is 24.3 Å². The topological polar surface area (TPSA) is 76.6 Å². The summed E-state index contributed by atoms with van der Waals surface area (Å²) in [6.45, 7) is 0.577. The molecule has 120 valence electrons. The molecule has 0 saturated heterocycles. The summed E-state index contributed by atoms with van der Waals surface area (Å²) in [5, 5.41) is 21.8. The second kappa shape index (κ2) is 7.97. The molecule has 1 aliphatic carbocycles. The van der Waals surface area contributed by atoms with Crippen LogP contribution < -0.4 is 4.74 Å². The number of nitrogens with zero attached hydrogens (tertiary/aromatic N) is 5. The average molecular weight is 329 g/mol. The summed E-state index contributed by atoms with van der Waals surface area (Å²) in [6, 6.07) is 9.68. The number of nitriles is 1. The third kappa shape index (κ3) is 4.23. The normalized spacial score (nSPS) is 15.3. The van der Waals surface area contributed by atoms with Gasteiger partial charge in [-0.1, -0.05) is 31.0 Å². The second-order valence-electron chi connectivity index (χ2n) is 5.53. The van der Waals surface area contributed by atoms with E-state index in [1.807, 2.05) is 16.8 Å². The Hall–Kier alpha value is -2.07. The molecule has 0 atom stereocenters. The van der Waals surface area contributed by atoms with Gasteiger partial charge in [0.25, 0.3) is 0 Å². The fourth-order valence-corrected chi connectivity index (χ4v) is 3.51. The van der Waals surface area contributed by atoms with Gasteiger partial charge in [-0.05, 0) is 47.5 Å². The highest BCUT2D eigenvalue weighted by atomic mass is 32.2. The lowest BCUT2D eigenvalue weighted by Gasteiger charge is -2.21. The largest absolute Gasteiger partial charge is 0.493 e. The van der Waals surface area contributed by atoms with Crippen LogP contribution in [0.5, 0.6) is 5.75 Å². The zero-order valence-corrected chi connectivity index (χ0v) is 13.7. The summed E-state index contributed by atoms with van der Waals surface area (Å²) in [5.74, 6) is 1.56. The van der Waals surface area contributed by atoms with E-state index < -0.39 is 0 Å². The molecule has 1 aliphatic rings. The third-order valence-electron chi connectivity index (χ3n) is 3.95. The fourth-order valence-electron chi connectivity index (χ4n) is 2.75. The lowest BCUT2D eigenvalue weighted by Crippen LogP contribution is -2.15. The van der Waals surface area contributed by atoms with E-state index in [0.717, 1.165) is 16.7 Å². The molecule has 1 saturated carbocycles. The molecule has 3 rings (SSSR count). The van der Waals surface area contributed by atoms with Crippen LogP contribution in [0.25, 0.3) is 0 Å². The quantitative estimate of drug-likeness (QED) is 0.598. The van der Waals surface area contributed by atoms with Gasteiger partial charge < -0.3 is 4.74 Å². The Bertz CT molecular complexity index is 658. The van der Waals surface area contributed by atoms with Crippen LogP contribution >= 0.6 is 11.8 Å². The molecule has 0 radical (unpaired) electrons. The van der Waals surface area contributed by atoms with Gasteiger partial charge in [0.15, 0.2) is 0 Å². The van der Waals surface area contributed by atoms with Crippen molar-refractivity contribution >= 4 is 11.8 Å². The van der Waals surface area contributed by atoms with Crippen molar-refractivity contribution in [2.75, 3.05) is 12.4 Å². The molecule has 1 fully saturated rings. The van der Waals surface area contributed by atoms with Crippen LogP contribution in [0.2, 0.25) is 0 Å². The third-order valence-corrected chi connectivity index (χ3v) is 4.85. The number of tetrazole rings is 1. The number of rotatable bonds is 6. The summed E-state index contributed by atoms with van der Waals surface area (Å²) in [5.41, 5.74) is 0.637. The van der Waals surface area contributed by atoms with E-state index in [1.54, 1.807) is 23.9 Å². The minimum absolute atomic E-state index is 0.445. The Balaban J connectivity index is 1.47. The van der Waals surface area contributed by atoms with Crippen LogP contribution in [0, 0.1) is 11.3 Å². The lowest BCUT2D eigenvalue weighted by atomic mass is 9.96. The molecular formula is C16H19N5OS. The Kier molecular flexibility index (Phi) is 5.48. The summed E-state index contributed by atoms with van der Waals surface area (Å²) >= 11 is 1.62. The standard InChI is InChI=1S/C16H19N5OS/c17-12-13-6-8-15(9-7-13)22-10-11-23-16-18-19-20-21(16)14-4-2-1-3-5-14/h6-9,14H,1-5,10-11H2. The Morgan fingerprint density at radius 2 is 2.00 bits per heavy atom. The predicted molar refractivity (Wildman–Crippen MR) is 87.3 cm³/mol. The average Bonchev–Trinajstić information content (AvgIpc) is 3.08. The van der Waals surface area contributed by atoms with E-state index in [-0.39, 0.29) is 0 Å². The molecule has 1 aromatic carbocycles. The Morgan fingerprint density at radius 3 is 2.74 bits per heavy atom. The molecule has 0 spiro atoms. The van der Waals surface area contributed by atoms with Gasteiger partial charge in [-0.3, -0.25) is 0 Å². The number of hydrogen-bond donors (Lipinski definition) is 0. The summed E-state index contributed by atoms with van der Waals surface area (Å²) < 4.78 is 7.66. The second-order valence-corrected chi connectivity index (χ2v) is 6.59. The van der Waals surface area contributed by atoms with Gasteiger partial charge >= 0.3 is 0 Å². The zero-order chi connectivity index (χ0) is 15.9. The minimum Gasteiger partial charge on any atom is -0.493 e. The number of ether oxygens (including phenoxy) is 1. The summed E-state index contributed by atoms with van der Waals surface area (Å²) in [4.78, 5) is 0. The van der Waals surface area contributed by atoms with E-state index in [4.69, 9.17) is 10.00 Å². The van der Waals surface area contributed by atoms with Crippen LogP contribution in [-0.4, -0.2) is 32.6 Å². The first-order valence-corrected chi connectivity index (χ1v) is 8.89. The fraction of sp³-hybridized carbons (Fsp3) is 0.500. The highest BCUT2D eigenvalue weighted by molar-refractivity contribution is 7.99. The van der Waals surface area contributed by atoms with Crippen molar-refractivity contribution in [1.82, 2.24) is 20.2 Å². The van der Waals surface area contributed by atoms with Crippen molar-refractivity contribution in [2.24, 2.45) is 0 Å². The number of thioether (sulfide) groups is 1. The van der Waals surface area contributed by atoms with Crippen LogP contribution in [0.1, 0.15) is 43.7 Å². The Labute approximate surface area is 139 Å². The molecular weight excluding hydrogens is 310 g/mol. The van der Waals surface area contributed by atoms with Crippen molar-refractivity contribution in [2.45, 2.75) is 43.3 Å². The van der Waals surface area contributed by atoms with Crippen molar-refractivity contribution in [3.8, 4) is 11.8 Å². The molecule has 0 aliphatic heterocycles. The van der Waals surface area contributed by atoms with Crippen LogP contribution in [0.15, 0.2) is 29.4 Å². The maximum Gasteiger partial charge on any atom is 0.209 e. The van der Waals surface area contributed by atoms with Crippen molar-refractivity contribution in [3.63, 3.8) is 0 Å². The highest BCUT2D eigenvalue weighted by Gasteiger charge is 2.20. The maximum atomic E-state index is 8.77. The van der Waals surface area contributed by atoms with E-state index >= 15 is 0 Å². The van der Waals surface area contributed by atoms with Gasteiger partial charge in [-0.2, -0.15) is 5.26 Å². The number of aromatic nitrogens is 4. The Morgan fingerprint density at radius 1 is 1.22 bits per heavy atom. The molecule has 0 amide bonds. The molecule has 2 aromatic rings. The van der Waals surface area contributed by atoms with E-state index in [0.29, 0.717) is 18.2 Å². The van der Waals surface area contributed by atoms with Gasteiger partial charge in [-0.25, -0.2) is 4.68 Å². The molecule has 23 heavy (non-hydrogen) atoms. The first-order chi connectivity index (χ1) is 11.4. The molecule has 1 aromatic heterocycles. The SMILES string of the molecule is N#Cc1ccc(OCCSc2nnnn2C2CCCCC2)cc1. The van der Waals surface area contributed by atoms with Crippen LogP contribution in [0.3, 0.4) is 0 Å². The van der Waals surface area contributed by atoms with Gasteiger partial charge in [-0.15, -0.1) is 5.10 Å². The zero-order valence-electron chi connectivity index (χ0n) is 12.9. The molecule has 7 heteroatoms. The van der Waals surface area contributed by atoms with Gasteiger partial charge in [0.2, 0.25) is 5.16 Å². The molecule has 0 unspecified atom stereocenters. The first kappa shape index (κ1) is 15.8. The lowest BCUT2D eigenvalue weighted by molar-refractivity contribution is 0.307. The molecule has 6 nitrogen and oxygen atoms in total. The van der Waals surface area contributed by atoms with Gasteiger partial charge in [0, 0.05) is 5.75 Å². The molecule has 0 N–H and O–H groups in total. The number of hydrogen-bond acceptors (Lipinski definition) is 6. The predicted octanol–water partition coefficient (Wildman–Crippen LogP) is 3.22. The van der Waals surface area contributed by atoms with E-state index in [2.05, 4.69) is 21.6 Å². The van der Waals surface area contributed by atoms with Crippen molar-refractivity contribution in [3.05, 3.63) is 29.8 Å². The van der Waals surface area contributed by atoms with Crippen LogP contribution in [0.4, 0.5) is 0 Å². The van der Waals surface area contributed by atoms with E-state index in [9.17, 15) is 0 Å². The van der Waals surface area contributed by atoms with Gasteiger partial charge in [0.1, 0.15) is 5.75 Å². The number of benzene rings is 1. The first-order valence-electron chi connectivity index (χ1n) is 7.90. The molecule has 0 bridgehead atoms. The van der Waals surface area contributed by atoms with Crippen molar-refractivity contribution in [1.29, 1.82) is 5.26 Å². The maximum absolute atomic E-state index is 8.77.